The van der Waals surface area contributed by atoms with Crippen LogP contribution in [0.3, 0.4) is 0 Å². The number of aryl methyl sites for hydroxylation is 1. The van der Waals surface area contributed by atoms with E-state index in [4.69, 9.17) is 5.11 Å². The predicted molar refractivity (Wildman–Crippen MR) is 65.1 cm³/mol. The second-order valence-electron chi connectivity index (χ2n) is 3.33. The molecule has 1 heterocycles. The third-order valence-electron chi connectivity index (χ3n) is 2.27. The third-order valence-corrected chi connectivity index (χ3v) is 3.98. The fourth-order valence-corrected chi connectivity index (χ4v) is 2.98. The lowest BCUT2D eigenvalue weighted by molar-refractivity contribution is 0.285. The first-order chi connectivity index (χ1) is 6.74. The van der Waals surface area contributed by atoms with E-state index in [9.17, 15) is 0 Å². The standard InChI is InChI=1S/C11H11BrOS/c1-7-2-8(5-12)3-11-10(7)4-9(6-13)14-11/h2-4,13H,5-6H2,1H3. The van der Waals surface area contributed by atoms with Gasteiger partial charge in [-0.2, -0.15) is 0 Å². The van der Waals surface area contributed by atoms with Crippen LogP contribution in [0.2, 0.25) is 0 Å². The van der Waals surface area contributed by atoms with Gasteiger partial charge in [0.15, 0.2) is 0 Å². The SMILES string of the molecule is Cc1cc(CBr)cc2sc(CO)cc12. The van der Waals surface area contributed by atoms with Gasteiger partial charge in [0.2, 0.25) is 0 Å². The van der Waals surface area contributed by atoms with Crippen LogP contribution in [0.4, 0.5) is 0 Å². The van der Waals surface area contributed by atoms with Crippen LogP contribution in [0.5, 0.6) is 0 Å². The zero-order chi connectivity index (χ0) is 10.1. The van der Waals surface area contributed by atoms with Crippen molar-refractivity contribution in [2.45, 2.75) is 18.9 Å². The molecule has 0 saturated carbocycles. The largest absolute Gasteiger partial charge is 0.391 e. The van der Waals surface area contributed by atoms with Crippen molar-refractivity contribution in [1.29, 1.82) is 0 Å². The second-order valence-corrected chi connectivity index (χ2v) is 5.06. The Morgan fingerprint density at radius 2 is 2.14 bits per heavy atom. The molecule has 0 saturated heterocycles. The molecule has 0 aliphatic carbocycles. The van der Waals surface area contributed by atoms with Crippen LogP contribution in [0.1, 0.15) is 16.0 Å². The van der Waals surface area contributed by atoms with E-state index in [1.54, 1.807) is 11.3 Å². The van der Waals surface area contributed by atoms with E-state index in [0.717, 1.165) is 10.2 Å². The van der Waals surface area contributed by atoms with E-state index in [1.807, 2.05) is 0 Å². The summed E-state index contributed by atoms with van der Waals surface area (Å²) < 4.78 is 1.27. The topological polar surface area (TPSA) is 20.2 Å². The Kier molecular flexibility index (Phi) is 2.91. The number of rotatable bonds is 2. The molecule has 0 fully saturated rings. The first-order valence-electron chi connectivity index (χ1n) is 4.43. The van der Waals surface area contributed by atoms with Gasteiger partial charge in [-0.25, -0.2) is 0 Å². The maximum atomic E-state index is 9.06. The van der Waals surface area contributed by atoms with E-state index >= 15 is 0 Å². The average molecular weight is 271 g/mol. The molecule has 3 heteroatoms. The van der Waals surface area contributed by atoms with E-state index in [-0.39, 0.29) is 6.61 Å². The first kappa shape index (κ1) is 10.1. The van der Waals surface area contributed by atoms with Crippen molar-refractivity contribution >= 4 is 37.4 Å². The van der Waals surface area contributed by atoms with Gasteiger partial charge >= 0.3 is 0 Å². The molecule has 0 amide bonds. The molecular formula is C11H11BrOS. The Hall–Kier alpha value is -0.380. The van der Waals surface area contributed by atoms with Crippen LogP contribution in [-0.2, 0) is 11.9 Å². The Morgan fingerprint density at radius 1 is 1.36 bits per heavy atom. The number of benzene rings is 1. The van der Waals surface area contributed by atoms with Crippen LogP contribution in [-0.4, -0.2) is 5.11 Å². The molecule has 74 valence electrons. The molecule has 0 aliphatic heterocycles. The highest BCUT2D eigenvalue weighted by atomic mass is 79.9. The monoisotopic (exact) mass is 270 g/mol. The summed E-state index contributed by atoms with van der Waals surface area (Å²) in [7, 11) is 0. The van der Waals surface area contributed by atoms with Gasteiger partial charge in [0.05, 0.1) is 6.61 Å². The normalized spacial score (nSPS) is 11.1. The van der Waals surface area contributed by atoms with Crippen molar-refractivity contribution < 1.29 is 5.11 Å². The lowest BCUT2D eigenvalue weighted by atomic mass is 10.1. The minimum absolute atomic E-state index is 0.141. The number of alkyl halides is 1. The molecule has 2 rings (SSSR count). The Labute approximate surface area is 95.5 Å². The highest BCUT2D eigenvalue weighted by Crippen LogP contribution is 2.30. The summed E-state index contributed by atoms with van der Waals surface area (Å²) in [6.07, 6.45) is 0. The summed E-state index contributed by atoms with van der Waals surface area (Å²) in [5, 5.41) is 11.2. The lowest BCUT2D eigenvalue weighted by Gasteiger charge is -1.99. The quantitative estimate of drug-likeness (QED) is 0.827. The van der Waals surface area contributed by atoms with Gasteiger partial charge in [-0.15, -0.1) is 11.3 Å². The summed E-state index contributed by atoms with van der Waals surface area (Å²) in [5.74, 6) is 0. The number of aliphatic hydroxyl groups is 1. The molecule has 0 bridgehead atoms. The van der Waals surface area contributed by atoms with Gasteiger partial charge in [-0.05, 0) is 35.6 Å². The highest BCUT2D eigenvalue weighted by Gasteiger charge is 2.04. The van der Waals surface area contributed by atoms with Crippen LogP contribution in [0, 0.1) is 6.92 Å². The van der Waals surface area contributed by atoms with Crippen molar-refractivity contribution in [1.82, 2.24) is 0 Å². The van der Waals surface area contributed by atoms with Gasteiger partial charge in [-0.3, -0.25) is 0 Å². The Bertz CT molecular complexity index is 462. The van der Waals surface area contributed by atoms with Crippen molar-refractivity contribution in [3.63, 3.8) is 0 Å². The second kappa shape index (κ2) is 4.01. The molecule has 1 aromatic carbocycles. The number of halogens is 1. The van der Waals surface area contributed by atoms with E-state index in [2.05, 4.69) is 41.1 Å². The van der Waals surface area contributed by atoms with E-state index < -0.39 is 0 Å². The molecule has 0 unspecified atom stereocenters. The minimum Gasteiger partial charge on any atom is -0.391 e. The molecule has 1 aromatic heterocycles. The van der Waals surface area contributed by atoms with Gasteiger partial charge in [0, 0.05) is 14.9 Å². The van der Waals surface area contributed by atoms with Crippen LogP contribution in [0.25, 0.3) is 10.1 Å². The summed E-state index contributed by atoms with van der Waals surface area (Å²) in [6, 6.07) is 6.44. The molecule has 0 aliphatic rings. The summed E-state index contributed by atoms with van der Waals surface area (Å²) in [6.45, 7) is 2.25. The van der Waals surface area contributed by atoms with Crippen molar-refractivity contribution in [2.75, 3.05) is 0 Å². The van der Waals surface area contributed by atoms with Gasteiger partial charge in [0.1, 0.15) is 0 Å². The maximum Gasteiger partial charge on any atom is 0.0774 e. The van der Waals surface area contributed by atoms with Gasteiger partial charge in [0.25, 0.3) is 0 Å². The molecule has 0 atom stereocenters. The molecule has 2 aromatic rings. The van der Waals surface area contributed by atoms with Gasteiger partial charge < -0.3 is 5.11 Å². The third kappa shape index (κ3) is 1.72. The molecule has 1 nitrogen and oxygen atoms in total. The minimum atomic E-state index is 0.141. The number of thiophene rings is 1. The summed E-state index contributed by atoms with van der Waals surface area (Å²) in [4.78, 5) is 1.04. The van der Waals surface area contributed by atoms with Crippen LogP contribution in [0.15, 0.2) is 18.2 Å². The predicted octanol–water partition coefficient (Wildman–Crippen LogP) is 3.60. The number of aliphatic hydroxyl groups excluding tert-OH is 1. The fraction of sp³-hybridized carbons (Fsp3) is 0.273. The van der Waals surface area contributed by atoms with Crippen molar-refractivity contribution in [2.24, 2.45) is 0 Å². The van der Waals surface area contributed by atoms with Crippen LogP contribution < -0.4 is 0 Å². The molecule has 14 heavy (non-hydrogen) atoms. The molecular weight excluding hydrogens is 260 g/mol. The fourth-order valence-electron chi connectivity index (χ4n) is 1.59. The lowest BCUT2D eigenvalue weighted by Crippen LogP contribution is -1.79. The number of hydrogen-bond acceptors (Lipinski definition) is 2. The number of fused-ring (bicyclic) bond motifs is 1. The molecule has 0 spiro atoms. The Morgan fingerprint density at radius 3 is 2.79 bits per heavy atom. The summed E-state index contributed by atoms with van der Waals surface area (Å²) >= 11 is 5.13. The first-order valence-corrected chi connectivity index (χ1v) is 6.37. The number of hydrogen-bond donors (Lipinski definition) is 1. The Balaban J connectivity index is 2.67. The van der Waals surface area contributed by atoms with E-state index in [0.29, 0.717) is 0 Å². The summed E-state index contributed by atoms with van der Waals surface area (Å²) in [5.41, 5.74) is 2.58. The molecule has 1 N–H and O–H groups in total. The zero-order valence-electron chi connectivity index (χ0n) is 7.88. The molecule has 0 radical (unpaired) electrons. The van der Waals surface area contributed by atoms with Gasteiger partial charge in [-0.1, -0.05) is 22.0 Å². The van der Waals surface area contributed by atoms with Crippen LogP contribution >= 0.6 is 27.3 Å². The van der Waals surface area contributed by atoms with Crippen molar-refractivity contribution in [3.8, 4) is 0 Å². The maximum absolute atomic E-state index is 9.06. The smallest absolute Gasteiger partial charge is 0.0774 e. The zero-order valence-corrected chi connectivity index (χ0v) is 10.3. The average Bonchev–Trinajstić information content (AvgIpc) is 2.61. The van der Waals surface area contributed by atoms with Crippen molar-refractivity contribution in [3.05, 3.63) is 34.2 Å². The van der Waals surface area contributed by atoms with E-state index in [1.165, 1.54) is 21.2 Å². The highest BCUT2D eigenvalue weighted by molar-refractivity contribution is 9.08.